The third kappa shape index (κ3) is 4.19. The molecule has 2 heterocycles. The summed E-state index contributed by atoms with van der Waals surface area (Å²) in [7, 11) is 0. The van der Waals surface area contributed by atoms with Crippen molar-refractivity contribution in [2.24, 2.45) is 0 Å². The fourth-order valence-electron chi connectivity index (χ4n) is 3.44. The number of hydrogen-bond donors (Lipinski definition) is 1. The van der Waals surface area contributed by atoms with Gasteiger partial charge in [0, 0.05) is 19.1 Å². The van der Waals surface area contributed by atoms with Gasteiger partial charge in [0.05, 0.1) is 0 Å². The fraction of sp³-hybridized carbons (Fsp3) is 0.647. The monoisotopic (exact) mass is 290 g/mol. The van der Waals surface area contributed by atoms with E-state index in [0.717, 1.165) is 25.4 Å². The van der Waals surface area contributed by atoms with Crippen molar-refractivity contribution in [2.45, 2.75) is 31.4 Å². The molecule has 2 saturated heterocycles. The van der Waals surface area contributed by atoms with Crippen molar-refractivity contribution in [1.29, 1.82) is 0 Å². The van der Waals surface area contributed by atoms with Crippen LogP contribution >= 0.6 is 0 Å². The summed E-state index contributed by atoms with van der Waals surface area (Å²) < 4.78 is 5.62. The maximum atomic E-state index is 10.1. The highest BCUT2D eigenvalue weighted by Crippen LogP contribution is 2.20. The molecule has 2 fully saturated rings. The largest absolute Gasteiger partial charge is 0.491 e. The third-order valence-electron chi connectivity index (χ3n) is 4.56. The number of aliphatic hydroxyl groups excluding tert-OH is 1. The van der Waals surface area contributed by atoms with Crippen LogP contribution in [0.2, 0.25) is 0 Å². The number of rotatable bonds is 6. The Morgan fingerprint density at radius 3 is 2.67 bits per heavy atom. The maximum Gasteiger partial charge on any atom is 0.119 e. The van der Waals surface area contributed by atoms with Gasteiger partial charge in [-0.05, 0) is 51.0 Å². The second-order valence-corrected chi connectivity index (χ2v) is 6.22. The Kier molecular flexibility index (Phi) is 5.12. The minimum atomic E-state index is -0.414. The van der Waals surface area contributed by atoms with Gasteiger partial charge in [-0.2, -0.15) is 0 Å². The summed E-state index contributed by atoms with van der Waals surface area (Å²) in [5.74, 6) is 0.827. The molecule has 21 heavy (non-hydrogen) atoms. The van der Waals surface area contributed by atoms with Gasteiger partial charge >= 0.3 is 0 Å². The summed E-state index contributed by atoms with van der Waals surface area (Å²) in [6.07, 6.45) is 3.53. The number of likely N-dealkylation sites (tertiary alicyclic amines) is 2. The van der Waals surface area contributed by atoms with E-state index < -0.39 is 6.10 Å². The molecular weight excluding hydrogens is 264 g/mol. The Labute approximate surface area is 127 Å². The summed E-state index contributed by atoms with van der Waals surface area (Å²) in [5, 5.41) is 10.1. The average molecular weight is 290 g/mol. The van der Waals surface area contributed by atoms with Crippen molar-refractivity contribution in [2.75, 3.05) is 39.3 Å². The van der Waals surface area contributed by atoms with E-state index in [2.05, 4.69) is 9.80 Å². The number of ether oxygens (including phenoxy) is 1. The first-order chi connectivity index (χ1) is 10.3. The lowest BCUT2D eigenvalue weighted by molar-refractivity contribution is 0.0733. The van der Waals surface area contributed by atoms with Crippen molar-refractivity contribution in [3.8, 4) is 5.75 Å². The van der Waals surface area contributed by atoms with E-state index in [9.17, 15) is 5.11 Å². The van der Waals surface area contributed by atoms with E-state index in [0.29, 0.717) is 12.6 Å². The molecule has 116 valence electrons. The first kappa shape index (κ1) is 14.8. The molecule has 0 bridgehead atoms. The molecule has 1 N–H and O–H groups in total. The van der Waals surface area contributed by atoms with E-state index in [1.54, 1.807) is 0 Å². The highest BCUT2D eigenvalue weighted by atomic mass is 16.5. The second-order valence-electron chi connectivity index (χ2n) is 6.22. The van der Waals surface area contributed by atoms with Crippen LogP contribution in [0.3, 0.4) is 0 Å². The number of aliphatic hydroxyl groups is 1. The van der Waals surface area contributed by atoms with Crippen molar-refractivity contribution in [1.82, 2.24) is 9.80 Å². The summed E-state index contributed by atoms with van der Waals surface area (Å²) in [5.41, 5.74) is 0. The molecule has 2 aliphatic heterocycles. The van der Waals surface area contributed by atoms with Crippen molar-refractivity contribution < 1.29 is 9.84 Å². The van der Waals surface area contributed by atoms with Crippen LogP contribution in [-0.2, 0) is 0 Å². The molecule has 2 atom stereocenters. The fourth-order valence-corrected chi connectivity index (χ4v) is 3.44. The van der Waals surface area contributed by atoms with Crippen molar-refractivity contribution >= 4 is 0 Å². The van der Waals surface area contributed by atoms with E-state index >= 15 is 0 Å². The van der Waals surface area contributed by atoms with Gasteiger partial charge in [-0.1, -0.05) is 18.2 Å². The number of nitrogens with zero attached hydrogens (tertiary/aromatic N) is 2. The van der Waals surface area contributed by atoms with Crippen LogP contribution in [-0.4, -0.2) is 66.4 Å². The van der Waals surface area contributed by atoms with E-state index in [1.165, 1.54) is 32.4 Å². The first-order valence-corrected chi connectivity index (χ1v) is 8.13. The molecule has 0 radical (unpaired) electrons. The Bertz CT molecular complexity index is 420. The van der Waals surface area contributed by atoms with Gasteiger partial charge in [0.2, 0.25) is 0 Å². The highest BCUT2D eigenvalue weighted by molar-refractivity contribution is 5.20. The van der Waals surface area contributed by atoms with Crippen LogP contribution in [0.4, 0.5) is 0 Å². The lowest BCUT2D eigenvalue weighted by atomic mass is 10.2. The van der Waals surface area contributed by atoms with Gasteiger partial charge in [0.15, 0.2) is 0 Å². The minimum absolute atomic E-state index is 0.370. The molecule has 1 aromatic rings. The topological polar surface area (TPSA) is 35.9 Å². The third-order valence-corrected chi connectivity index (χ3v) is 4.56. The van der Waals surface area contributed by atoms with Crippen molar-refractivity contribution in [3.63, 3.8) is 0 Å². The van der Waals surface area contributed by atoms with Crippen LogP contribution in [0.5, 0.6) is 5.75 Å². The van der Waals surface area contributed by atoms with Gasteiger partial charge in [-0.15, -0.1) is 0 Å². The molecule has 4 nitrogen and oxygen atoms in total. The first-order valence-electron chi connectivity index (χ1n) is 8.13. The van der Waals surface area contributed by atoms with Crippen LogP contribution in [0.25, 0.3) is 0 Å². The minimum Gasteiger partial charge on any atom is -0.491 e. The SMILES string of the molecule is OC(COc1ccccc1)CN1CCC(N2CCCC2)C1. The Hall–Kier alpha value is -1.10. The van der Waals surface area contributed by atoms with Gasteiger partial charge in [0.25, 0.3) is 0 Å². The van der Waals surface area contributed by atoms with Gasteiger partial charge < -0.3 is 9.84 Å². The predicted octanol–water partition coefficient (Wildman–Crippen LogP) is 1.60. The van der Waals surface area contributed by atoms with Crippen LogP contribution in [0.1, 0.15) is 19.3 Å². The molecule has 2 unspecified atom stereocenters. The van der Waals surface area contributed by atoms with Crippen LogP contribution < -0.4 is 4.74 Å². The molecular formula is C17H26N2O2. The lowest BCUT2D eigenvalue weighted by Gasteiger charge is -2.24. The molecule has 1 aromatic carbocycles. The molecule has 4 heteroatoms. The molecule has 0 saturated carbocycles. The summed E-state index contributed by atoms with van der Waals surface area (Å²) in [4.78, 5) is 4.99. The highest BCUT2D eigenvalue weighted by Gasteiger charge is 2.29. The van der Waals surface area contributed by atoms with Gasteiger partial charge in [0.1, 0.15) is 18.5 Å². The Morgan fingerprint density at radius 2 is 1.90 bits per heavy atom. The van der Waals surface area contributed by atoms with E-state index in [4.69, 9.17) is 4.74 Å². The normalized spacial score (nSPS) is 25.3. The maximum absolute atomic E-state index is 10.1. The molecule has 2 aliphatic rings. The molecule has 0 aromatic heterocycles. The van der Waals surface area contributed by atoms with E-state index in [-0.39, 0.29) is 0 Å². The summed E-state index contributed by atoms with van der Waals surface area (Å²) in [6.45, 7) is 5.81. The van der Waals surface area contributed by atoms with Crippen LogP contribution in [0, 0.1) is 0 Å². The second kappa shape index (κ2) is 7.25. The smallest absolute Gasteiger partial charge is 0.119 e. The molecule has 3 rings (SSSR count). The standard InChI is InChI=1S/C17H26N2O2/c20-16(14-21-17-6-2-1-3-7-17)13-18-11-8-15(12-18)19-9-4-5-10-19/h1-3,6-7,15-16,20H,4-5,8-14H2. The average Bonchev–Trinajstić information content (AvgIpc) is 3.17. The number of β-amino-alcohol motifs (C(OH)–C–C–N with tert-alkyl or cyclic N) is 1. The quantitative estimate of drug-likeness (QED) is 0.863. The summed E-state index contributed by atoms with van der Waals surface area (Å²) >= 11 is 0. The summed E-state index contributed by atoms with van der Waals surface area (Å²) in [6, 6.07) is 10.4. The van der Waals surface area contributed by atoms with Crippen LogP contribution in [0.15, 0.2) is 30.3 Å². The zero-order valence-corrected chi connectivity index (χ0v) is 12.7. The lowest BCUT2D eigenvalue weighted by Crippen LogP contribution is -2.38. The Balaban J connectivity index is 1.38. The Morgan fingerprint density at radius 1 is 1.14 bits per heavy atom. The molecule has 0 aliphatic carbocycles. The van der Waals surface area contributed by atoms with E-state index in [1.807, 2.05) is 30.3 Å². The number of benzene rings is 1. The molecule has 0 amide bonds. The zero-order valence-electron chi connectivity index (χ0n) is 12.7. The predicted molar refractivity (Wildman–Crippen MR) is 83.6 cm³/mol. The number of hydrogen-bond acceptors (Lipinski definition) is 4. The number of para-hydroxylation sites is 1. The van der Waals surface area contributed by atoms with Crippen molar-refractivity contribution in [3.05, 3.63) is 30.3 Å². The zero-order chi connectivity index (χ0) is 14.5. The molecule has 0 spiro atoms. The van der Waals surface area contributed by atoms with Gasteiger partial charge in [-0.25, -0.2) is 0 Å². The van der Waals surface area contributed by atoms with Gasteiger partial charge in [-0.3, -0.25) is 9.80 Å².